The van der Waals surface area contributed by atoms with Crippen LogP contribution in [0.1, 0.15) is 44.2 Å². The Morgan fingerprint density at radius 3 is 2.74 bits per heavy atom. The van der Waals surface area contributed by atoms with Crippen molar-refractivity contribution >= 4 is 11.6 Å². The summed E-state index contributed by atoms with van der Waals surface area (Å²) in [4.78, 5) is 16.3. The van der Waals surface area contributed by atoms with Crippen LogP contribution in [0.4, 0.5) is 5.69 Å². The molecule has 0 atom stereocenters. The number of pyridine rings is 1. The number of hydrogen-bond acceptors (Lipinski definition) is 3. The predicted octanol–water partition coefficient (Wildman–Crippen LogP) is 2.64. The van der Waals surface area contributed by atoms with Gasteiger partial charge >= 0.3 is 0 Å². The Morgan fingerprint density at radius 2 is 2.11 bits per heavy atom. The quantitative estimate of drug-likeness (QED) is 0.876. The van der Waals surface area contributed by atoms with E-state index in [4.69, 9.17) is 0 Å². The molecule has 0 spiro atoms. The smallest absolute Gasteiger partial charge is 0.226 e. The summed E-state index contributed by atoms with van der Waals surface area (Å²) < 4.78 is 0. The molecule has 104 valence electrons. The molecule has 1 amide bonds. The number of carbonyl (C=O) groups excluding carboxylic acids is 1. The Kier molecular flexibility index (Phi) is 4.53. The first-order chi connectivity index (χ1) is 9.13. The summed E-state index contributed by atoms with van der Waals surface area (Å²) in [5, 5.41) is 6.34. The fraction of sp³-hybridized carbons (Fsp3) is 0.600. The van der Waals surface area contributed by atoms with E-state index in [-0.39, 0.29) is 11.4 Å². The van der Waals surface area contributed by atoms with Crippen LogP contribution in [-0.4, -0.2) is 23.5 Å². The third kappa shape index (κ3) is 3.77. The van der Waals surface area contributed by atoms with Crippen molar-refractivity contribution in [3.8, 4) is 0 Å². The molecule has 1 aliphatic rings. The van der Waals surface area contributed by atoms with Gasteiger partial charge in [-0.05, 0) is 38.9 Å². The van der Waals surface area contributed by atoms with Crippen LogP contribution in [0, 0.1) is 6.92 Å². The van der Waals surface area contributed by atoms with Crippen LogP contribution in [0.2, 0.25) is 0 Å². The first-order valence-corrected chi connectivity index (χ1v) is 7.05. The van der Waals surface area contributed by atoms with Crippen molar-refractivity contribution in [2.24, 2.45) is 0 Å². The standard InChI is InChI=1S/C15H23N3O/c1-12-10-13(6-9-17-12)18-14(19)11-15(16-2)7-4-3-5-8-15/h6,9-10,16H,3-5,7-8,11H2,1-2H3,(H,17,18,19). The largest absolute Gasteiger partial charge is 0.326 e. The maximum atomic E-state index is 12.2. The van der Waals surface area contributed by atoms with Crippen molar-refractivity contribution in [3.63, 3.8) is 0 Å². The molecular formula is C15H23N3O. The SMILES string of the molecule is CNC1(CC(=O)Nc2ccnc(C)c2)CCCCC1. The topological polar surface area (TPSA) is 54.0 Å². The number of anilines is 1. The highest BCUT2D eigenvalue weighted by Gasteiger charge is 2.32. The number of aryl methyl sites for hydroxylation is 1. The molecule has 2 rings (SSSR count). The average Bonchev–Trinajstić information content (AvgIpc) is 2.39. The molecule has 1 fully saturated rings. The number of carbonyl (C=O) groups is 1. The summed E-state index contributed by atoms with van der Waals surface area (Å²) in [6, 6.07) is 3.72. The van der Waals surface area contributed by atoms with Gasteiger partial charge in [0.2, 0.25) is 5.91 Å². The Hall–Kier alpha value is -1.42. The van der Waals surface area contributed by atoms with Gasteiger partial charge in [0.05, 0.1) is 0 Å². The molecule has 1 aromatic rings. The first-order valence-electron chi connectivity index (χ1n) is 7.05. The van der Waals surface area contributed by atoms with Crippen molar-refractivity contribution in [1.29, 1.82) is 0 Å². The summed E-state index contributed by atoms with van der Waals surface area (Å²) in [6.45, 7) is 1.92. The molecule has 2 N–H and O–H groups in total. The Balaban J connectivity index is 1.96. The molecule has 0 radical (unpaired) electrons. The number of rotatable bonds is 4. The lowest BCUT2D eigenvalue weighted by Crippen LogP contribution is -2.47. The van der Waals surface area contributed by atoms with E-state index in [1.165, 1.54) is 19.3 Å². The van der Waals surface area contributed by atoms with Gasteiger partial charge in [-0.1, -0.05) is 19.3 Å². The maximum Gasteiger partial charge on any atom is 0.226 e. The fourth-order valence-corrected chi connectivity index (χ4v) is 2.88. The Bertz CT molecular complexity index is 439. The zero-order chi connectivity index (χ0) is 13.7. The Morgan fingerprint density at radius 1 is 1.37 bits per heavy atom. The highest BCUT2D eigenvalue weighted by atomic mass is 16.1. The average molecular weight is 261 g/mol. The van der Waals surface area contributed by atoms with Crippen molar-refractivity contribution < 1.29 is 4.79 Å². The molecule has 1 saturated carbocycles. The molecule has 0 aromatic carbocycles. The number of hydrogen-bond donors (Lipinski definition) is 2. The van der Waals surface area contributed by atoms with Crippen molar-refractivity contribution in [2.75, 3.05) is 12.4 Å². The monoisotopic (exact) mass is 261 g/mol. The molecule has 1 aliphatic carbocycles. The second-order valence-electron chi connectivity index (χ2n) is 5.50. The molecule has 0 unspecified atom stereocenters. The predicted molar refractivity (Wildman–Crippen MR) is 77.1 cm³/mol. The van der Waals surface area contributed by atoms with Gasteiger partial charge in [0, 0.05) is 29.5 Å². The van der Waals surface area contributed by atoms with E-state index in [0.717, 1.165) is 24.2 Å². The number of nitrogens with zero attached hydrogens (tertiary/aromatic N) is 1. The lowest BCUT2D eigenvalue weighted by Gasteiger charge is -2.36. The van der Waals surface area contributed by atoms with Crippen LogP contribution in [0.3, 0.4) is 0 Å². The van der Waals surface area contributed by atoms with E-state index in [9.17, 15) is 4.79 Å². The molecule has 0 saturated heterocycles. The van der Waals surface area contributed by atoms with Crippen LogP contribution in [0.5, 0.6) is 0 Å². The van der Waals surface area contributed by atoms with Gasteiger partial charge < -0.3 is 10.6 Å². The lowest BCUT2D eigenvalue weighted by molar-refractivity contribution is -0.117. The second kappa shape index (κ2) is 6.15. The van der Waals surface area contributed by atoms with E-state index in [2.05, 4.69) is 15.6 Å². The second-order valence-corrected chi connectivity index (χ2v) is 5.50. The third-order valence-corrected chi connectivity index (χ3v) is 4.02. The highest BCUT2D eigenvalue weighted by Crippen LogP contribution is 2.31. The van der Waals surface area contributed by atoms with E-state index in [1.807, 2.05) is 26.1 Å². The highest BCUT2D eigenvalue weighted by molar-refractivity contribution is 5.91. The van der Waals surface area contributed by atoms with Crippen LogP contribution in [-0.2, 0) is 4.79 Å². The molecule has 0 aliphatic heterocycles. The summed E-state index contributed by atoms with van der Waals surface area (Å²) in [7, 11) is 1.97. The van der Waals surface area contributed by atoms with E-state index >= 15 is 0 Å². The minimum atomic E-state index is -0.00952. The summed E-state index contributed by atoms with van der Waals surface area (Å²) in [5.41, 5.74) is 1.74. The van der Waals surface area contributed by atoms with Crippen LogP contribution in [0.25, 0.3) is 0 Å². The van der Waals surface area contributed by atoms with E-state index in [1.54, 1.807) is 6.20 Å². The zero-order valence-corrected chi connectivity index (χ0v) is 11.8. The van der Waals surface area contributed by atoms with Gasteiger partial charge in [0.1, 0.15) is 0 Å². The molecule has 19 heavy (non-hydrogen) atoms. The minimum absolute atomic E-state index is 0.00952. The molecule has 1 heterocycles. The maximum absolute atomic E-state index is 12.2. The van der Waals surface area contributed by atoms with Crippen molar-refractivity contribution in [1.82, 2.24) is 10.3 Å². The Labute approximate surface area is 115 Å². The summed E-state index contributed by atoms with van der Waals surface area (Å²) in [6.07, 6.45) is 8.16. The lowest BCUT2D eigenvalue weighted by atomic mass is 9.79. The van der Waals surface area contributed by atoms with Crippen LogP contribution < -0.4 is 10.6 Å². The molecule has 4 heteroatoms. The number of aromatic nitrogens is 1. The van der Waals surface area contributed by atoms with Gasteiger partial charge in [-0.3, -0.25) is 9.78 Å². The van der Waals surface area contributed by atoms with Crippen LogP contribution in [0.15, 0.2) is 18.3 Å². The normalized spacial score (nSPS) is 18.0. The summed E-state index contributed by atoms with van der Waals surface area (Å²) in [5.74, 6) is 0.0850. The van der Waals surface area contributed by atoms with E-state index < -0.39 is 0 Å². The number of nitrogens with one attached hydrogen (secondary N) is 2. The molecule has 4 nitrogen and oxygen atoms in total. The summed E-state index contributed by atoms with van der Waals surface area (Å²) >= 11 is 0. The van der Waals surface area contributed by atoms with Crippen molar-refractivity contribution in [3.05, 3.63) is 24.0 Å². The van der Waals surface area contributed by atoms with Gasteiger partial charge in [-0.15, -0.1) is 0 Å². The molecular weight excluding hydrogens is 238 g/mol. The van der Waals surface area contributed by atoms with Crippen molar-refractivity contribution in [2.45, 2.75) is 51.0 Å². The zero-order valence-electron chi connectivity index (χ0n) is 11.8. The fourth-order valence-electron chi connectivity index (χ4n) is 2.88. The molecule has 1 aromatic heterocycles. The van der Waals surface area contributed by atoms with Gasteiger partial charge in [0.25, 0.3) is 0 Å². The van der Waals surface area contributed by atoms with Gasteiger partial charge in [-0.25, -0.2) is 0 Å². The van der Waals surface area contributed by atoms with E-state index in [0.29, 0.717) is 6.42 Å². The minimum Gasteiger partial charge on any atom is -0.326 e. The van der Waals surface area contributed by atoms with Crippen LogP contribution >= 0.6 is 0 Å². The number of amides is 1. The first kappa shape index (κ1) is 14.0. The third-order valence-electron chi connectivity index (χ3n) is 4.02. The molecule has 0 bridgehead atoms. The van der Waals surface area contributed by atoms with Gasteiger partial charge in [-0.2, -0.15) is 0 Å². The van der Waals surface area contributed by atoms with Gasteiger partial charge in [0.15, 0.2) is 0 Å².